The van der Waals surface area contributed by atoms with Gasteiger partial charge >= 0.3 is 54.7 Å². The molecule has 1 aromatic rings. The van der Waals surface area contributed by atoms with Gasteiger partial charge in [-0.05, 0) is 0 Å². The Balaban J connectivity index is 0. The Morgan fingerprint density at radius 3 is 1.27 bits per heavy atom. The van der Waals surface area contributed by atoms with E-state index in [9.17, 15) is 0 Å². The first-order chi connectivity index (χ1) is 6.91. The molecule has 1 rings (SSSR count). The molecule has 0 aliphatic carbocycles. The average molecular weight is 240 g/mol. The van der Waals surface area contributed by atoms with Crippen LogP contribution in [0.1, 0.15) is 0 Å². The summed E-state index contributed by atoms with van der Waals surface area (Å²) in [5.74, 6) is 0. The first-order valence-corrected chi connectivity index (χ1v) is 7.03. The van der Waals surface area contributed by atoms with Gasteiger partial charge in [-0.15, -0.1) is 0 Å². The molecular weight excluding hydrogens is 227 g/mol. The number of benzene rings is 1. The van der Waals surface area contributed by atoms with Gasteiger partial charge < -0.3 is 0 Å². The summed E-state index contributed by atoms with van der Waals surface area (Å²) in [6, 6.07) is 12.0. The predicted molar refractivity (Wildman–Crippen MR) is 61.4 cm³/mol. The fourth-order valence-electron chi connectivity index (χ4n) is 0.385. The van der Waals surface area contributed by atoms with Crippen molar-refractivity contribution in [3.63, 3.8) is 0 Å². The molecule has 6 heteroatoms. The largest absolute Gasteiger partial charge is 0.394 e. The molecule has 4 nitrogen and oxygen atoms in total. The molecule has 0 unspecified atom stereocenters. The van der Waals surface area contributed by atoms with Crippen LogP contribution >= 0.6 is 0 Å². The Hall–Kier alpha value is -0.170. The van der Waals surface area contributed by atoms with Crippen LogP contribution in [0.25, 0.3) is 0 Å². The molecule has 0 atom stereocenters. The van der Waals surface area contributed by atoms with E-state index >= 15 is 0 Å². The normalized spacial score (nSPS) is 8.80. The monoisotopic (exact) mass is 240 g/mol. The molecular formula is C9H13NaO4S. The van der Waals surface area contributed by atoms with Crippen LogP contribution in [0.5, 0.6) is 0 Å². The van der Waals surface area contributed by atoms with E-state index in [0.717, 1.165) is 0 Å². The minimum Gasteiger partial charge on any atom is -0.264 e. The van der Waals surface area contributed by atoms with Gasteiger partial charge in [-0.2, -0.15) is 8.42 Å². The molecule has 0 spiro atoms. The Morgan fingerprint density at radius 2 is 1.20 bits per heavy atom. The molecule has 0 aliphatic heterocycles. The maximum atomic E-state index is 8.74. The van der Waals surface area contributed by atoms with Gasteiger partial charge in [0.15, 0.2) is 0 Å². The minimum absolute atomic E-state index is 1.22. The first kappa shape index (κ1) is 17.2. The fourth-order valence-corrected chi connectivity index (χ4v) is 0.385. The molecule has 0 bridgehead atoms. The smallest absolute Gasteiger partial charge is 0.264 e. The van der Waals surface area contributed by atoms with Gasteiger partial charge in [-0.25, -0.2) is 0 Å². The van der Waals surface area contributed by atoms with Crippen LogP contribution < -0.4 is 0 Å². The summed E-state index contributed by atoms with van der Waals surface area (Å²) in [6.45, 7) is 3.51. The van der Waals surface area contributed by atoms with Crippen LogP contribution in [0.2, 0.25) is 3.67 Å². The van der Waals surface area contributed by atoms with E-state index in [1.807, 2.05) is 42.5 Å². The summed E-state index contributed by atoms with van der Waals surface area (Å²) in [5, 5.41) is 0. The van der Waals surface area contributed by atoms with E-state index < -0.39 is 10.4 Å². The molecule has 80 valence electrons. The van der Waals surface area contributed by atoms with Gasteiger partial charge in [0.05, 0.1) is 0 Å². The van der Waals surface area contributed by atoms with Crippen LogP contribution in [0.3, 0.4) is 0 Å². The van der Waals surface area contributed by atoms with E-state index in [-0.39, 0.29) is 0 Å². The summed E-state index contributed by atoms with van der Waals surface area (Å²) in [4.78, 5) is 0. The van der Waals surface area contributed by atoms with E-state index in [0.29, 0.717) is 0 Å². The number of allylic oxidation sites excluding steroid dienone is 1. The average Bonchev–Trinajstić information content (AvgIpc) is 2.18. The molecule has 15 heavy (non-hydrogen) atoms. The van der Waals surface area contributed by atoms with Crippen LogP contribution in [-0.2, 0) is 10.4 Å². The molecule has 1 aromatic carbocycles. The van der Waals surface area contributed by atoms with Crippen molar-refractivity contribution >= 4 is 38.3 Å². The van der Waals surface area contributed by atoms with Gasteiger partial charge in [0, 0.05) is 0 Å². The minimum atomic E-state index is -4.67. The summed E-state index contributed by atoms with van der Waals surface area (Å²) < 4.78 is 32.8. The van der Waals surface area contributed by atoms with Crippen molar-refractivity contribution in [2.24, 2.45) is 0 Å². The molecule has 0 aliphatic rings. The Kier molecular flexibility index (Phi) is 13.7. The maximum absolute atomic E-state index is 8.74. The Morgan fingerprint density at radius 1 is 1.07 bits per heavy atom. The zero-order chi connectivity index (χ0) is 12.2. The zero-order valence-corrected chi connectivity index (χ0v) is 11.4. The standard InChI is InChI=1S/C6H6.C3H5.Na.H2O4S/c1-2-4-6-5-3-1;1-3-2;;1-5(2,3)4/h1-6H;3H,1-2H2;;(H2,1,2,3,4). The van der Waals surface area contributed by atoms with Gasteiger partial charge in [-0.3, -0.25) is 9.11 Å². The van der Waals surface area contributed by atoms with Crippen molar-refractivity contribution in [1.29, 1.82) is 0 Å². The molecule has 0 heterocycles. The molecule has 2 N–H and O–H groups in total. The first-order valence-electron chi connectivity index (χ1n) is 4.22. The molecule has 0 saturated heterocycles. The number of hydrogen-bond donors (Lipinski definition) is 2. The van der Waals surface area contributed by atoms with Crippen molar-refractivity contribution in [3.8, 4) is 0 Å². The van der Waals surface area contributed by atoms with E-state index in [1.54, 1.807) is 0 Å². The molecule has 0 amide bonds. The van der Waals surface area contributed by atoms with E-state index in [4.69, 9.17) is 17.5 Å². The Labute approximate surface area is 108 Å². The van der Waals surface area contributed by atoms with E-state index in [2.05, 4.69) is 6.58 Å². The second-order valence-corrected chi connectivity index (χ2v) is 4.01. The van der Waals surface area contributed by atoms with Crippen molar-refractivity contribution in [3.05, 3.63) is 49.1 Å². The van der Waals surface area contributed by atoms with Gasteiger partial charge in [-0.1, -0.05) is 36.4 Å². The van der Waals surface area contributed by atoms with E-state index in [1.165, 1.54) is 31.6 Å². The quantitative estimate of drug-likeness (QED) is 0.446. The third-order valence-electron chi connectivity index (χ3n) is 0.955. The van der Waals surface area contributed by atoms with Gasteiger partial charge in [0.2, 0.25) is 0 Å². The second-order valence-electron chi connectivity index (χ2n) is 2.30. The summed E-state index contributed by atoms with van der Waals surface area (Å²) in [7, 11) is -4.67. The summed E-state index contributed by atoms with van der Waals surface area (Å²) in [6.07, 6.45) is 1.94. The van der Waals surface area contributed by atoms with Crippen molar-refractivity contribution in [2.75, 3.05) is 0 Å². The molecule has 0 saturated carbocycles. The molecule has 0 fully saturated rings. The Bertz CT molecular complexity index is 289. The van der Waals surface area contributed by atoms with Crippen molar-refractivity contribution in [2.45, 2.75) is 3.67 Å². The summed E-state index contributed by atoms with van der Waals surface area (Å²) >= 11 is 1.27. The zero-order valence-electron chi connectivity index (χ0n) is 8.57. The van der Waals surface area contributed by atoms with Crippen molar-refractivity contribution in [1.82, 2.24) is 0 Å². The fraction of sp³-hybridized carbons (Fsp3) is 0.111. The van der Waals surface area contributed by atoms with Crippen LogP contribution in [0, 0.1) is 0 Å². The van der Waals surface area contributed by atoms with Crippen LogP contribution in [0.15, 0.2) is 49.1 Å². The molecule has 0 radical (unpaired) electrons. The van der Waals surface area contributed by atoms with Crippen LogP contribution in [0.4, 0.5) is 0 Å². The number of rotatable bonds is 1. The van der Waals surface area contributed by atoms with Crippen molar-refractivity contribution < 1.29 is 17.5 Å². The molecule has 0 aromatic heterocycles. The third kappa shape index (κ3) is 41.5. The maximum Gasteiger partial charge on any atom is 0.394 e. The SMILES string of the molecule is C=C[CH2][Na].O=S(=O)(O)O.c1ccccc1. The second kappa shape index (κ2) is 11.9. The predicted octanol–water partition coefficient (Wildman–Crippen LogP) is 1.79. The number of hydrogen-bond acceptors (Lipinski definition) is 2. The van der Waals surface area contributed by atoms with Gasteiger partial charge in [0.25, 0.3) is 0 Å². The third-order valence-corrected chi connectivity index (χ3v) is 1.53. The van der Waals surface area contributed by atoms with Gasteiger partial charge in [0.1, 0.15) is 0 Å². The summed E-state index contributed by atoms with van der Waals surface area (Å²) in [5.41, 5.74) is 0. The van der Waals surface area contributed by atoms with Crippen LogP contribution in [-0.4, -0.2) is 45.5 Å². The topological polar surface area (TPSA) is 74.6 Å².